The van der Waals surface area contributed by atoms with E-state index in [0.717, 1.165) is 41.4 Å². The largest absolute Gasteiger partial charge is 0.481 e. The molecule has 0 bridgehead atoms. The van der Waals surface area contributed by atoms with Gasteiger partial charge in [-0.15, -0.1) is 0 Å². The van der Waals surface area contributed by atoms with Crippen LogP contribution in [0.3, 0.4) is 0 Å². The topological polar surface area (TPSA) is 73.1 Å². The van der Waals surface area contributed by atoms with Crippen LogP contribution in [0, 0.1) is 27.7 Å². The van der Waals surface area contributed by atoms with Gasteiger partial charge in [-0.25, -0.2) is 4.98 Å². The van der Waals surface area contributed by atoms with Crippen LogP contribution in [-0.2, 0) is 6.42 Å². The summed E-state index contributed by atoms with van der Waals surface area (Å²) in [6.45, 7) is 8.43. The van der Waals surface area contributed by atoms with Crippen LogP contribution in [0.25, 0.3) is 0 Å². The maximum Gasteiger partial charge on any atom is 0.221 e. The highest BCUT2D eigenvalue weighted by atomic mass is 16.5. The van der Waals surface area contributed by atoms with Crippen LogP contribution in [0.5, 0.6) is 5.88 Å². The second-order valence-corrected chi connectivity index (χ2v) is 4.73. The Balaban J connectivity index is 2.06. The van der Waals surface area contributed by atoms with Gasteiger partial charge in [0.05, 0.1) is 18.4 Å². The van der Waals surface area contributed by atoms with Gasteiger partial charge in [-0.05, 0) is 34.1 Å². The molecule has 2 rings (SSSR count). The van der Waals surface area contributed by atoms with Crippen LogP contribution >= 0.6 is 0 Å². The van der Waals surface area contributed by atoms with E-state index in [0.29, 0.717) is 11.7 Å². The second kappa shape index (κ2) is 5.90. The lowest BCUT2D eigenvalue weighted by Gasteiger charge is -2.11. The Hall–Kier alpha value is -2.11. The summed E-state index contributed by atoms with van der Waals surface area (Å²) in [6.07, 6.45) is 0.839. The quantitative estimate of drug-likeness (QED) is 0.903. The molecule has 20 heavy (non-hydrogen) atoms. The monoisotopic (exact) mass is 276 g/mol. The first-order valence-electron chi connectivity index (χ1n) is 6.57. The summed E-state index contributed by atoms with van der Waals surface area (Å²) in [6, 6.07) is 0. The molecule has 2 aromatic heterocycles. The Morgan fingerprint density at radius 3 is 2.50 bits per heavy atom. The predicted molar refractivity (Wildman–Crippen MR) is 76.2 cm³/mol. The molecule has 0 atom stereocenters. The van der Waals surface area contributed by atoms with Crippen molar-refractivity contribution in [1.82, 2.24) is 15.1 Å². The van der Waals surface area contributed by atoms with Crippen molar-refractivity contribution in [1.29, 1.82) is 0 Å². The summed E-state index contributed by atoms with van der Waals surface area (Å²) in [5.41, 5.74) is 3.00. The Bertz CT molecular complexity index is 588. The van der Waals surface area contributed by atoms with E-state index in [1.807, 2.05) is 27.7 Å². The third kappa shape index (κ3) is 2.89. The molecule has 0 radical (unpaired) electrons. The minimum Gasteiger partial charge on any atom is -0.481 e. The number of aryl methyl sites for hydroxylation is 3. The van der Waals surface area contributed by atoms with Gasteiger partial charge in [0.2, 0.25) is 5.88 Å². The van der Waals surface area contributed by atoms with Gasteiger partial charge in [0, 0.05) is 12.1 Å². The van der Waals surface area contributed by atoms with Gasteiger partial charge in [0.25, 0.3) is 0 Å². The first-order valence-corrected chi connectivity index (χ1v) is 6.57. The molecule has 0 aliphatic heterocycles. The number of ether oxygens (including phenoxy) is 1. The third-order valence-corrected chi connectivity index (χ3v) is 3.25. The van der Waals surface area contributed by atoms with Crippen molar-refractivity contribution in [3.63, 3.8) is 0 Å². The minimum atomic E-state index is 0.609. The van der Waals surface area contributed by atoms with Crippen molar-refractivity contribution in [3.8, 4) is 5.88 Å². The summed E-state index contributed by atoms with van der Waals surface area (Å²) < 4.78 is 10.4. The van der Waals surface area contributed by atoms with E-state index in [2.05, 4.69) is 20.4 Å². The van der Waals surface area contributed by atoms with E-state index in [1.165, 1.54) is 0 Å². The van der Waals surface area contributed by atoms with Crippen LogP contribution in [0.1, 0.15) is 28.4 Å². The summed E-state index contributed by atoms with van der Waals surface area (Å²) in [4.78, 5) is 8.64. The molecule has 0 aliphatic rings. The lowest BCUT2D eigenvalue weighted by molar-refractivity contribution is 0.392. The number of hydrogen-bond acceptors (Lipinski definition) is 6. The third-order valence-electron chi connectivity index (χ3n) is 3.25. The molecular formula is C14H20N4O2. The molecule has 0 saturated carbocycles. The molecule has 1 N–H and O–H groups in total. The molecule has 0 amide bonds. The summed E-state index contributed by atoms with van der Waals surface area (Å²) in [5, 5.41) is 7.27. The zero-order valence-corrected chi connectivity index (χ0v) is 12.6. The van der Waals surface area contributed by atoms with Gasteiger partial charge in [-0.2, -0.15) is 4.98 Å². The van der Waals surface area contributed by atoms with Crippen molar-refractivity contribution in [2.45, 2.75) is 34.1 Å². The first kappa shape index (κ1) is 14.3. The zero-order valence-electron chi connectivity index (χ0n) is 12.6. The summed E-state index contributed by atoms with van der Waals surface area (Å²) in [5.74, 6) is 2.98. The molecule has 0 spiro atoms. The average molecular weight is 276 g/mol. The highest BCUT2D eigenvalue weighted by Crippen LogP contribution is 2.21. The number of hydrogen-bond donors (Lipinski definition) is 1. The molecule has 0 saturated heterocycles. The van der Waals surface area contributed by atoms with Crippen molar-refractivity contribution in [2.75, 3.05) is 19.0 Å². The second-order valence-electron chi connectivity index (χ2n) is 4.73. The fourth-order valence-electron chi connectivity index (χ4n) is 2.14. The molecule has 108 valence electrons. The van der Waals surface area contributed by atoms with Crippen LogP contribution in [-0.4, -0.2) is 28.8 Å². The van der Waals surface area contributed by atoms with Crippen molar-refractivity contribution < 1.29 is 9.26 Å². The number of aromatic nitrogens is 3. The van der Waals surface area contributed by atoms with Gasteiger partial charge in [0.15, 0.2) is 0 Å². The van der Waals surface area contributed by atoms with Crippen molar-refractivity contribution >= 4 is 5.82 Å². The van der Waals surface area contributed by atoms with E-state index in [9.17, 15) is 0 Å². The molecular weight excluding hydrogens is 256 g/mol. The molecule has 6 heteroatoms. The molecule has 0 fully saturated rings. The molecule has 6 nitrogen and oxygen atoms in total. The SMILES string of the molecule is COc1nc(C)nc(NCCc2c(C)noc2C)c1C. The van der Waals surface area contributed by atoms with Gasteiger partial charge in [-0.3, -0.25) is 0 Å². The zero-order chi connectivity index (χ0) is 14.7. The number of methoxy groups -OCH3 is 1. The maximum absolute atomic E-state index is 5.24. The summed E-state index contributed by atoms with van der Waals surface area (Å²) >= 11 is 0. The molecule has 0 unspecified atom stereocenters. The Morgan fingerprint density at radius 1 is 1.15 bits per heavy atom. The normalized spacial score (nSPS) is 10.7. The van der Waals surface area contributed by atoms with Crippen LogP contribution in [0.15, 0.2) is 4.52 Å². The average Bonchev–Trinajstić information content (AvgIpc) is 2.73. The number of anilines is 1. The first-order chi connectivity index (χ1) is 9.52. The highest BCUT2D eigenvalue weighted by Gasteiger charge is 2.11. The van der Waals surface area contributed by atoms with Gasteiger partial charge in [0.1, 0.15) is 17.4 Å². The maximum atomic E-state index is 5.24. The molecule has 0 aliphatic carbocycles. The highest BCUT2D eigenvalue weighted by molar-refractivity contribution is 5.48. The van der Waals surface area contributed by atoms with E-state index < -0.39 is 0 Å². The predicted octanol–water partition coefficient (Wildman–Crippen LogP) is 2.36. The lowest BCUT2D eigenvalue weighted by Crippen LogP contribution is -2.10. The van der Waals surface area contributed by atoms with Gasteiger partial charge in [-0.1, -0.05) is 5.16 Å². The molecule has 2 heterocycles. The number of nitrogens with one attached hydrogen (secondary N) is 1. The van der Waals surface area contributed by atoms with Crippen LogP contribution in [0.4, 0.5) is 5.82 Å². The molecule has 0 aromatic carbocycles. The minimum absolute atomic E-state index is 0.609. The Kier molecular flexibility index (Phi) is 4.22. The standard InChI is InChI=1S/C14H20N4O2/c1-8-13(16-11(4)17-14(8)19-5)15-7-6-12-9(2)18-20-10(12)3/h6-7H2,1-5H3,(H,15,16,17). The van der Waals surface area contributed by atoms with Crippen molar-refractivity contribution in [2.24, 2.45) is 0 Å². The van der Waals surface area contributed by atoms with E-state index in [4.69, 9.17) is 9.26 Å². The molecule has 2 aromatic rings. The number of rotatable bonds is 5. The smallest absolute Gasteiger partial charge is 0.221 e. The summed E-state index contributed by atoms with van der Waals surface area (Å²) in [7, 11) is 1.61. The van der Waals surface area contributed by atoms with Gasteiger partial charge >= 0.3 is 0 Å². The fraction of sp³-hybridized carbons (Fsp3) is 0.500. The Morgan fingerprint density at radius 2 is 1.90 bits per heavy atom. The van der Waals surface area contributed by atoms with E-state index >= 15 is 0 Å². The van der Waals surface area contributed by atoms with E-state index in [-0.39, 0.29) is 0 Å². The van der Waals surface area contributed by atoms with E-state index in [1.54, 1.807) is 7.11 Å². The van der Waals surface area contributed by atoms with Gasteiger partial charge < -0.3 is 14.6 Å². The Labute approximate surface area is 118 Å². The lowest BCUT2D eigenvalue weighted by atomic mass is 10.1. The number of nitrogens with zero attached hydrogens (tertiary/aromatic N) is 3. The fourth-order valence-corrected chi connectivity index (χ4v) is 2.14. The van der Waals surface area contributed by atoms with Crippen LogP contribution < -0.4 is 10.1 Å². The van der Waals surface area contributed by atoms with Crippen molar-refractivity contribution in [3.05, 3.63) is 28.4 Å². The van der Waals surface area contributed by atoms with Crippen LogP contribution in [0.2, 0.25) is 0 Å².